The Morgan fingerprint density at radius 1 is 1.04 bits per heavy atom. The van der Waals surface area contributed by atoms with E-state index in [0.29, 0.717) is 42.1 Å². The van der Waals surface area contributed by atoms with Crippen LogP contribution in [-0.2, 0) is 24.4 Å². The van der Waals surface area contributed by atoms with Gasteiger partial charge in [0.25, 0.3) is 5.91 Å². The molecule has 0 spiro atoms. The van der Waals surface area contributed by atoms with Crippen molar-refractivity contribution in [3.8, 4) is 34.1 Å². The molecular formula is C42H53N7O7S. The predicted molar refractivity (Wildman–Crippen MR) is 214 cm³/mol. The fraction of sp³-hybridized carbons (Fsp3) is 0.524. The summed E-state index contributed by atoms with van der Waals surface area (Å²) in [6.45, 7) is 9.66. The van der Waals surface area contributed by atoms with Gasteiger partial charge in [-0.25, -0.2) is 13.4 Å². The van der Waals surface area contributed by atoms with Crippen molar-refractivity contribution in [3.05, 3.63) is 67.1 Å². The van der Waals surface area contributed by atoms with Crippen LogP contribution < -0.4 is 25.2 Å². The van der Waals surface area contributed by atoms with E-state index >= 15 is 0 Å². The molecule has 0 bridgehead atoms. The fourth-order valence-corrected chi connectivity index (χ4v) is 9.18. The molecule has 2 aliphatic heterocycles. The molecule has 3 fully saturated rings. The van der Waals surface area contributed by atoms with Gasteiger partial charge in [-0.3, -0.25) is 29.1 Å². The first-order valence-corrected chi connectivity index (χ1v) is 21.4. The molecule has 2 aliphatic carbocycles. The van der Waals surface area contributed by atoms with Crippen LogP contribution in [0.3, 0.4) is 0 Å². The Hall–Kier alpha value is -4.89. The van der Waals surface area contributed by atoms with Gasteiger partial charge >= 0.3 is 0 Å². The quantitative estimate of drug-likeness (QED) is 0.257. The number of nitrogens with two attached hydrogens (primary N) is 1. The molecule has 57 heavy (non-hydrogen) atoms. The fourth-order valence-electron chi connectivity index (χ4n) is 7.87. The van der Waals surface area contributed by atoms with Gasteiger partial charge in [-0.2, -0.15) is 0 Å². The van der Waals surface area contributed by atoms with Crippen molar-refractivity contribution < 1.29 is 32.3 Å². The normalized spacial score (nSPS) is 28.6. The summed E-state index contributed by atoms with van der Waals surface area (Å²) in [5, 5.41) is 2.93. The number of pyridine rings is 1. The number of sulfonamides is 1. The highest BCUT2D eigenvalue weighted by molar-refractivity contribution is 7.91. The lowest BCUT2D eigenvalue weighted by Crippen LogP contribution is -2.58. The van der Waals surface area contributed by atoms with Gasteiger partial charge in [0.1, 0.15) is 34.9 Å². The lowest BCUT2D eigenvalue weighted by atomic mass is 9.88. The monoisotopic (exact) mass is 799 g/mol. The largest absolute Gasteiger partial charge is 0.491 e. The summed E-state index contributed by atoms with van der Waals surface area (Å²) >= 11 is 0. The van der Waals surface area contributed by atoms with Gasteiger partial charge in [0.05, 0.1) is 41.0 Å². The molecule has 2 saturated carbocycles. The molecule has 7 atom stereocenters. The standard InChI is InChI=1S/C42H53N7O7S/c1-25(2)55-30-12-10-28(11-13-30)33-19-31(20-34(46-33)35-23-44-16-17-45-35)56-32-21-36-38(50)47-42(40(52)48-57(53,54)41(5)14-15-41)22-29(42)9-7-6-8-26(3)18-27(4)37(43)39(51)49(36)24-32/h7,9-13,16-17,19-20,23,25-27,29,32,36-37H,6,8,14-15,18,21-22,24,43H2,1-5H3,(H,47,50)(H,48,52)/t26?,27-,29-,32-,36+,37+,42-/m1/s1. The van der Waals surface area contributed by atoms with Crippen LogP contribution in [-0.4, -0.2) is 87.1 Å². The third-order valence-electron chi connectivity index (χ3n) is 11.8. The van der Waals surface area contributed by atoms with Gasteiger partial charge in [-0.1, -0.05) is 26.0 Å². The van der Waals surface area contributed by atoms with Crippen LogP contribution in [0.25, 0.3) is 22.6 Å². The maximum atomic E-state index is 14.4. The van der Waals surface area contributed by atoms with Crippen LogP contribution in [0, 0.1) is 17.8 Å². The van der Waals surface area contributed by atoms with Crippen molar-refractivity contribution in [2.24, 2.45) is 23.5 Å². The predicted octanol–water partition coefficient (Wildman–Crippen LogP) is 4.55. The minimum atomic E-state index is -3.97. The maximum absolute atomic E-state index is 14.4. The van der Waals surface area contributed by atoms with Gasteiger partial charge in [0, 0.05) is 42.4 Å². The highest BCUT2D eigenvalue weighted by atomic mass is 32.2. The Bertz CT molecular complexity index is 2130. The van der Waals surface area contributed by atoms with Crippen molar-refractivity contribution in [1.82, 2.24) is 29.9 Å². The van der Waals surface area contributed by atoms with E-state index < -0.39 is 56.2 Å². The number of hydrogen-bond donors (Lipinski definition) is 3. The number of hydrogen-bond acceptors (Lipinski definition) is 11. The summed E-state index contributed by atoms with van der Waals surface area (Å²) in [5.74, 6) is -0.878. The molecule has 3 aromatic rings. The average molecular weight is 800 g/mol. The second-order valence-corrected chi connectivity index (χ2v) is 19.0. The number of rotatable bonds is 9. The summed E-state index contributed by atoms with van der Waals surface area (Å²) in [6, 6.07) is 9.20. The lowest BCUT2D eigenvalue weighted by Gasteiger charge is -2.30. The minimum Gasteiger partial charge on any atom is -0.491 e. The molecule has 14 nitrogen and oxygen atoms in total. The molecule has 304 valence electrons. The van der Waals surface area contributed by atoms with Gasteiger partial charge < -0.3 is 25.4 Å². The molecular weight excluding hydrogens is 747 g/mol. The van der Waals surface area contributed by atoms with Crippen molar-refractivity contribution >= 4 is 27.7 Å². The number of nitrogens with zero attached hydrogens (tertiary/aromatic N) is 4. The Morgan fingerprint density at radius 2 is 1.77 bits per heavy atom. The first-order valence-electron chi connectivity index (χ1n) is 19.9. The van der Waals surface area contributed by atoms with Gasteiger partial charge in [0.15, 0.2) is 0 Å². The van der Waals surface area contributed by atoms with E-state index in [1.807, 2.05) is 57.2 Å². The van der Waals surface area contributed by atoms with E-state index in [2.05, 4.69) is 26.9 Å². The van der Waals surface area contributed by atoms with Crippen molar-refractivity contribution in [1.29, 1.82) is 0 Å². The molecule has 4 aliphatic rings. The van der Waals surface area contributed by atoms with Gasteiger partial charge in [0.2, 0.25) is 21.8 Å². The Morgan fingerprint density at radius 3 is 2.46 bits per heavy atom. The van der Waals surface area contributed by atoms with Crippen molar-refractivity contribution in [3.63, 3.8) is 0 Å². The molecule has 2 aromatic heterocycles. The Labute approximate surface area is 334 Å². The van der Waals surface area contributed by atoms with E-state index in [1.54, 1.807) is 37.6 Å². The number of carbonyl (C=O) groups excluding carboxylic acids is 3. The summed E-state index contributed by atoms with van der Waals surface area (Å²) < 4.78 is 40.1. The van der Waals surface area contributed by atoms with E-state index in [9.17, 15) is 22.8 Å². The molecule has 15 heteroatoms. The second-order valence-electron chi connectivity index (χ2n) is 16.8. The summed E-state index contributed by atoms with van der Waals surface area (Å²) in [4.78, 5) is 57.6. The van der Waals surface area contributed by atoms with Crippen LogP contribution in [0.2, 0.25) is 0 Å². The summed E-state index contributed by atoms with van der Waals surface area (Å²) in [5.41, 5.74) is 7.62. The van der Waals surface area contributed by atoms with Crippen LogP contribution in [0.15, 0.2) is 67.1 Å². The smallest absolute Gasteiger partial charge is 0.259 e. The third-order valence-corrected chi connectivity index (χ3v) is 13.9. The maximum Gasteiger partial charge on any atom is 0.259 e. The highest BCUT2D eigenvalue weighted by Crippen LogP contribution is 2.47. The SMILES string of the molecule is CC1CCC=C[C@@H]2C[C@@]2(C(=O)NS(=O)(=O)C2(C)CC2)NC(=O)[C@@H]2C[C@@H](Oc3cc(-c4ccc(OC(C)C)cc4)nc(-c4cnccn4)c3)CN2C(=O)[C@@H](N)[C@H](C)C1. The van der Waals surface area contributed by atoms with E-state index in [-0.39, 0.29) is 43.2 Å². The number of allylic oxidation sites excluding steroid dienone is 1. The van der Waals surface area contributed by atoms with Crippen LogP contribution in [0.1, 0.15) is 79.6 Å². The van der Waals surface area contributed by atoms with Gasteiger partial charge in [-0.05, 0) is 95.4 Å². The Balaban J connectivity index is 1.19. The van der Waals surface area contributed by atoms with E-state index in [4.69, 9.17) is 20.2 Å². The van der Waals surface area contributed by atoms with Crippen LogP contribution >= 0.6 is 0 Å². The number of benzene rings is 1. The molecule has 1 saturated heterocycles. The molecule has 0 radical (unpaired) electrons. The zero-order valence-electron chi connectivity index (χ0n) is 33.2. The number of amides is 3. The van der Waals surface area contributed by atoms with Crippen LogP contribution in [0.5, 0.6) is 11.5 Å². The van der Waals surface area contributed by atoms with Gasteiger partial charge in [-0.15, -0.1) is 0 Å². The Kier molecular flexibility index (Phi) is 11.2. The number of nitrogens with one attached hydrogen (secondary N) is 2. The highest BCUT2D eigenvalue weighted by Gasteiger charge is 2.63. The van der Waals surface area contributed by atoms with E-state index in [0.717, 1.165) is 24.2 Å². The second kappa shape index (κ2) is 15.8. The number of aromatic nitrogens is 3. The third kappa shape index (κ3) is 8.69. The minimum absolute atomic E-state index is 0.0159. The molecule has 3 amide bonds. The summed E-state index contributed by atoms with van der Waals surface area (Å²) in [7, 11) is -3.97. The van der Waals surface area contributed by atoms with Crippen molar-refractivity contribution in [2.45, 2.75) is 114 Å². The first-order chi connectivity index (χ1) is 27.1. The topological polar surface area (TPSA) is 196 Å². The lowest BCUT2D eigenvalue weighted by molar-refractivity contribution is -0.141. The zero-order chi connectivity index (χ0) is 40.7. The summed E-state index contributed by atoms with van der Waals surface area (Å²) in [6.07, 6.45) is 11.6. The molecule has 7 rings (SSSR count). The molecule has 4 heterocycles. The van der Waals surface area contributed by atoms with Crippen molar-refractivity contribution in [2.75, 3.05) is 6.54 Å². The number of fused-ring (bicyclic) bond motifs is 2. The number of ether oxygens (including phenoxy) is 2. The molecule has 1 aromatic carbocycles. The average Bonchev–Trinajstić information content (AvgIpc) is 4.06. The zero-order valence-corrected chi connectivity index (χ0v) is 34.0. The van der Waals surface area contributed by atoms with Crippen LogP contribution in [0.4, 0.5) is 0 Å². The molecule has 4 N–H and O–H groups in total. The first kappa shape index (κ1) is 40.3. The molecule has 1 unspecified atom stereocenters. The van der Waals surface area contributed by atoms with E-state index in [1.165, 1.54) is 4.90 Å². The number of carbonyl (C=O) groups is 3.